The van der Waals surface area contributed by atoms with Crippen LogP contribution in [0, 0.1) is 11.3 Å². The second-order valence-corrected chi connectivity index (χ2v) is 5.69. The monoisotopic (exact) mass is 259 g/mol. The fraction of sp³-hybridized carbons (Fsp3) is 0.500. The van der Waals surface area contributed by atoms with Crippen LogP contribution < -0.4 is 0 Å². The van der Waals surface area contributed by atoms with Crippen LogP contribution in [0.2, 0.25) is 0 Å². The molecule has 2 atom stereocenters. The van der Waals surface area contributed by atoms with E-state index in [4.69, 9.17) is 0 Å². The van der Waals surface area contributed by atoms with Gasteiger partial charge in [-0.2, -0.15) is 0 Å². The molecule has 5 heteroatoms. The molecule has 5 nitrogen and oxygen atoms in total. The highest BCUT2D eigenvalue weighted by atomic mass is 16.4. The average Bonchev–Trinajstić information content (AvgIpc) is 2.78. The molecule has 0 spiro atoms. The second kappa shape index (κ2) is 3.79. The second-order valence-electron chi connectivity index (χ2n) is 5.69. The van der Waals surface area contributed by atoms with Gasteiger partial charge >= 0.3 is 5.97 Å². The van der Waals surface area contributed by atoms with Gasteiger partial charge in [-0.25, -0.2) is 4.98 Å². The van der Waals surface area contributed by atoms with Crippen molar-refractivity contribution in [1.29, 1.82) is 0 Å². The first kappa shape index (κ1) is 12.1. The molecule has 0 saturated heterocycles. The van der Waals surface area contributed by atoms with Crippen molar-refractivity contribution in [2.75, 3.05) is 0 Å². The molecule has 2 heterocycles. The van der Waals surface area contributed by atoms with E-state index in [2.05, 4.69) is 21.5 Å². The van der Waals surface area contributed by atoms with Crippen LogP contribution in [0.5, 0.6) is 0 Å². The Bertz CT molecular complexity index is 660. The highest BCUT2D eigenvalue weighted by molar-refractivity contribution is 5.79. The quantitative estimate of drug-likeness (QED) is 0.918. The number of carboxylic acid groups (broad SMARTS) is 1. The number of nitrogens with zero attached hydrogens (tertiary/aromatic N) is 3. The number of hydrogen-bond donors (Lipinski definition) is 1. The summed E-state index contributed by atoms with van der Waals surface area (Å²) < 4.78 is 2.10. The number of pyridine rings is 1. The van der Waals surface area contributed by atoms with Crippen LogP contribution in [0.3, 0.4) is 0 Å². The van der Waals surface area contributed by atoms with Crippen LogP contribution in [0.25, 0.3) is 11.0 Å². The van der Waals surface area contributed by atoms with Gasteiger partial charge in [0.25, 0.3) is 0 Å². The number of fused-ring (bicyclic) bond motifs is 1. The van der Waals surface area contributed by atoms with Crippen LogP contribution in [0.4, 0.5) is 0 Å². The zero-order chi connectivity index (χ0) is 13.8. The highest BCUT2D eigenvalue weighted by Gasteiger charge is 2.64. The Kier molecular flexibility index (Phi) is 2.42. The normalized spacial score (nSPS) is 24.6. The SMILES string of the molecule is CCn1c(C2C(C(=O)O)C2(C)C)nc2cnccc21. The molecular weight excluding hydrogens is 242 g/mol. The van der Waals surface area contributed by atoms with Crippen molar-refractivity contribution in [2.24, 2.45) is 11.3 Å². The molecule has 2 unspecified atom stereocenters. The largest absolute Gasteiger partial charge is 0.481 e. The van der Waals surface area contributed by atoms with E-state index >= 15 is 0 Å². The van der Waals surface area contributed by atoms with Crippen LogP contribution in [-0.2, 0) is 11.3 Å². The molecule has 1 aliphatic carbocycles. The van der Waals surface area contributed by atoms with Gasteiger partial charge in [-0.3, -0.25) is 9.78 Å². The third-order valence-corrected chi connectivity index (χ3v) is 4.27. The van der Waals surface area contributed by atoms with Crippen molar-refractivity contribution >= 4 is 17.0 Å². The first-order valence-corrected chi connectivity index (χ1v) is 6.51. The summed E-state index contributed by atoms with van der Waals surface area (Å²) in [7, 11) is 0. The maximum atomic E-state index is 11.3. The maximum Gasteiger partial charge on any atom is 0.307 e. The zero-order valence-corrected chi connectivity index (χ0v) is 11.3. The summed E-state index contributed by atoms with van der Waals surface area (Å²) in [6, 6.07) is 1.93. The summed E-state index contributed by atoms with van der Waals surface area (Å²) in [6.45, 7) is 6.83. The fourth-order valence-electron chi connectivity index (χ4n) is 3.15. The van der Waals surface area contributed by atoms with Crippen LogP contribution >= 0.6 is 0 Å². The molecule has 0 amide bonds. The van der Waals surface area contributed by atoms with Crippen LogP contribution in [0.15, 0.2) is 18.5 Å². The van der Waals surface area contributed by atoms with Gasteiger partial charge in [0.2, 0.25) is 0 Å². The van der Waals surface area contributed by atoms with Gasteiger partial charge < -0.3 is 9.67 Å². The molecule has 3 rings (SSSR count). The first-order valence-electron chi connectivity index (χ1n) is 6.51. The summed E-state index contributed by atoms with van der Waals surface area (Å²) in [6.07, 6.45) is 3.48. The van der Waals surface area contributed by atoms with Gasteiger partial charge in [-0.05, 0) is 18.4 Å². The van der Waals surface area contributed by atoms with Crippen molar-refractivity contribution in [3.63, 3.8) is 0 Å². The fourth-order valence-corrected chi connectivity index (χ4v) is 3.15. The zero-order valence-electron chi connectivity index (χ0n) is 11.3. The molecule has 19 heavy (non-hydrogen) atoms. The Labute approximate surface area is 111 Å². The van der Waals surface area contributed by atoms with Gasteiger partial charge in [0.1, 0.15) is 11.3 Å². The van der Waals surface area contributed by atoms with Crippen LogP contribution in [0.1, 0.15) is 32.5 Å². The minimum Gasteiger partial charge on any atom is -0.481 e. The minimum atomic E-state index is -0.733. The molecule has 1 aliphatic rings. The smallest absolute Gasteiger partial charge is 0.307 e. The Hall–Kier alpha value is -1.91. The molecule has 0 radical (unpaired) electrons. The molecule has 1 fully saturated rings. The van der Waals surface area contributed by atoms with E-state index in [1.165, 1.54) is 0 Å². The lowest BCUT2D eigenvalue weighted by Crippen LogP contribution is -2.04. The van der Waals surface area contributed by atoms with Gasteiger partial charge in [0.05, 0.1) is 17.6 Å². The van der Waals surface area contributed by atoms with Crippen molar-refractivity contribution < 1.29 is 9.90 Å². The van der Waals surface area contributed by atoms with E-state index in [0.29, 0.717) is 0 Å². The Morgan fingerprint density at radius 2 is 2.26 bits per heavy atom. The lowest BCUT2D eigenvalue weighted by Gasteiger charge is -2.06. The summed E-state index contributed by atoms with van der Waals surface area (Å²) in [4.78, 5) is 20.0. The summed E-state index contributed by atoms with van der Waals surface area (Å²) in [5.74, 6) is -0.217. The van der Waals surface area contributed by atoms with Crippen molar-refractivity contribution in [1.82, 2.24) is 14.5 Å². The van der Waals surface area contributed by atoms with Crippen molar-refractivity contribution in [3.05, 3.63) is 24.3 Å². The number of aliphatic carboxylic acids is 1. The van der Waals surface area contributed by atoms with E-state index in [0.717, 1.165) is 23.4 Å². The number of hydrogen-bond acceptors (Lipinski definition) is 3. The third kappa shape index (κ3) is 1.57. The number of aromatic nitrogens is 3. The minimum absolute atomic E-state index is 0.0163. The van der Waals surface area contributed by atoms with E-state index in [-0.39, 0.29) is 17.3 Å². The molecule has 1 saturated carbocycles. The van der Waals surface area contributed by atoms with Crippen molar-refractivity contribution in [2.45, 2.75) is 33.2 Å². The molecular formula is C14H17N3O2. The topological polar surface area (TPSA) is 68.0 Å². The first-order chi connectivity index (χ1) is 8.98. The predicted molar refractivity (Wildman–Crippen MR) is 70.8 cm³/mol. The Balaban J connectivity index is 2.14. The predicted octanol–water partition coefficient (Wildman–Crippen LogP) is 2.28. The van der Waals surface area contributed by atoms with E-state index in [1.54, 1.807) is 12.4 Å². The van der Waals surface area contributed by atoms with Gasteiger partial charge in [-0.15, -0.1) is 0 Å². The highest BCUT2D eigenvalue weighted by Crippen LogP contribution is 2.64. The van der Waals surface area contributed by atoms with E-state index in [1.807, 2.05) is 19.9 Å². The van der Waals surface area contributed by atoms with E-state index in [9.17, 15) is 9.90 Å². The molecule has 1 N–H and O–H groups in total. The molecule has 0 bridgehead atoms. The number of rotatable bonds is 3. The van der Waals surface area contributed by atoms with E-state index < -0.39 is 5.97 Å². The van der Waals surface area contributed by atoms with Gasteiger partial charge in [-0.1, -0.05) is 13.8 Å². The average molecular weight is 259 g/mol. The lowest BCUT2D eigenvalue weighted by atomic mass is 10.1. The Morgan fingerprint density at radius 1 is 1.53 bits per heavy atom. The summed E-state index contributed by atoms with van der Waals surface area (Å²) in [5.41, 5.74) is 1.64. The summed E-state index contributed by atoms with van der Waals surface area (Å²) in [5, 5.41) is 9.31. The third-order valence-electron chi connectivity index (χ3n) is 4.27. The molecule has 2 aromatic heterocycles. The standard InChI is InChI=1S/C14H17N3O2/c1-4-17-9-5-6-15-7-8(9)16-12(17)10-11(13(18)19)14(10,2)3/h5-7,10-11H,4H2,1-3H3,(H,18,19). The lowest BCUT2D eigenvalue weighted by molar-refractivity contribution is -0.139. The van der Waals surface area contributed by atoms with Crippen molar-refractivity contribution in [3.8, 4) is 0 Å². The molecule has 0 aliphatic heterocycles. The maximum absolute atomic E-state index is 11.3. The number of carbonyl (C=O) groups is 1. The van der Waals surface area contributed by atoms with Gasteiger partial charge in [0, 0.05) is 18.7 Å². The van der Waals surface area contributed by atoms with Crippen LogP contribution in [-0.4, -0.2) is 25.6 Å². The number of aryl methyl sites for hydroxylation is 1. The number of imidazole rings is 1. The van der Waals surface area contributed by atoms with Gasteiger partial charge in [0.15, 0.2) is 0 Å². The summed E-state index contributed by atoms with van der Waals surface area (Å²) >= 11 is 0. The molecule has 2 aromatic rings. The number of carboxylic acids is 1. The molecule has 0 aromatic carbocycles. The molecule has 100 valence electrons. The Morgan fingerprint density at radius 3 is 2.84 bits per heavy atom.